The standard InChI is InChI=1S/C19H17BrN2O2S2/c1-12-9-14(20)5-8-16(12)21-11-22-18(23)17(26-19(22)24)10-13-3-6-15(25-2)7-4-13/h3-10,21H,11H2,1-2H3/b17-10+. The Kier molecular flexibility index (Phi) is 6.11. The van der Waals surface area contributed by atoms with Crippen molar-refractivity contribution in [2.24, 2.45) is 0 Å². The van der Waals surface area contributed by atoms with Crippen LogP contribution in [0.3, 0.4) is 0 Å². The number of thioether (sulfide) groups is 2. The van der Waals surface area contributed by atoms with E-state index in [0.29, 0.717) is 4.91 Å². The lowest BCUT2D eigenvalue weighted by Gasteiger charge is -2.16. The molecule has 0 spiro atoms. The van der Waals surface area contributed by atoms with E-state index in [9.17, 15) is 9.59 Å². The number of amides is 2. The number of nitrogens with one attached hydrogen (secondary N) is 1. The second-order valence-electron chi connectivity index (χ2n) is 5.68. The topological polar surface area (TPSA) is 49.4 Å². The van der Waals surface area contributed by atoms with Gasteiger partial charge in [0.1, 0.15) is 0 Å². The lowest BCUT2D eigenvalue weighted by Crippen LogP contribution is -2.33. The SMILES string of the molecule is CSc1ccc(/C=C2/SC(=O)N(CNc3ccc(Br)cc3C)C2=O)cc1. The number of hydrogen-bond donors (Lipinski definition) is 1. The molecule has 0 aromatic heterocycles. The van der Waals surface area contributed by atoms with Gasteiger partial charge in [-0.05, 0) is 72.5 Å². The Morgan fingerprint density at radius 3 is 2.58 bits per heavy atom. The molecular formula is C19H17BrN2O2S2. The number of hydrogen-bond acceptors (Lipinski definition) is 5. The molecule has 134 valence electrons. The molecule has 1 saturated heterocycles. The molecule has 0 unspecified atom stereocenters. The van der Waals surface area contributed by atoms with E-state index in [4.69, 9.17) is 0 Å². The van der Waals surface area contributed by atoms with Gasteiger partial charge >= 0.3 is 0 Å². The quantitative estimate of drug-likeness (QED) is 0.477. The van der Waals surface area contributed by atoms with Gasteiger partial charge in [-0.15, -0.1) is 11.8 Å². The molecule has 2 aromatic carbocycles. The number of aryl methyl sites for hydroxylation is 1. The second kappa shape index (κ2) is 8.33. The molecule has 3 rings (SSSR count). The Labute approximate surface area is 169 Å². The summed E-state index contributed by atoms with van der Waals surface area (Å²) in [5.74, 6) is -0.267. The van der Waals surface area contributed by atoms with Crippen LogP contribution >= 0.6 is 39.5 Å². The van der Waals surface area contributed by atoms with Crippen LogP contribution in [0.5, 0.6) is 0 Å². The third-order valence-electron chi connectivity index (χ3n) is 3.90. The van der Waals surface area contributed by atoms with Crippen molar-refractivity contribution in [2.75, 3.05) is 18.2 Å². The fraction of sp³-hybridized carbons (Fsp3) is 0.158. The molecule has 0 bridgehead atoms. The van der Waals surface area contributed by atoms with Gasteiger partial charge in [0.25, 0.3) is 11.1 Å². The average Bonchev–Trinajstić information content (AvgIpc) is 2.88. The van der Waals surface area contributed by atoms with Gasteiger partial charge in [-0.25, -0.2) is 0 Å². The molecular weight excluding hydrogens is 432 g/mol. The Morgan fingerprint density at radius 1 is 1.19 bits per heavy atom. The van der Waals surface area contributed by atoms with Gasteiger partial charge < -0.3 is 5.32 Å². The van der Waals surface area contributed by atoms with Crippen molar-refractivity contribution in [3.8, 4) is 0 Å². The predicted octanol–water partition coefficient (Wildman–Crippen LogP) is 5.59. The van der Waals surface area contributed by atoms with E-state index in [1.807, 2.05) is 55.6 Å². The van der Waals surface area contributed by atoms with Crippen LogP contribution < -0.4 is 5.32 Å². The van der Waals surface area contributed by atoms with Crippen molar-refractivity contribution >= 4 is 62.4 Å². The molecule has 26 heavy (non-hydrogen) atoms. The molecule has 0 radical (unpaired) electrons. The maximum atomic E-state index is 12.6. The molecule has 0 aliphatic carbocycles. The minimum absolute atomic E-state index is 0.149. The fourth-order valence-electron chi connectivity index (χ4n) is 2.48. The van der Waals surface area contributed by atoms with Crippen LogP contribution in [0.1, 0.15) is 11.1 Å². The molecule has 4 nitrogen and oxygen atoms in total. The zero-order valence-electron chi connectivity index (χ0n) is 14.3. The summed E-state index contributed by atoms with van der Waals surface area (Å²) in [4.78, 5) is 27.6. The number of anilines is 1. The number of imide groups is 1. The number of carbonyl (C=O) groups is 2. The van der Waals surface area contributed by atoms with E-state index in [2.05, 4.69) is 21.2 Å². The molecule has 1 aliphatic heterocycles. The van der Waals surface area contributed by atoms with Gasteiger partial charge in [0, 0.05) is 15.1 Å². The number of nitrogens with zero attached hydrogens (tertiary/aromatic N) is 1. The van der Waals surface area contributed by atoms with E-state index in [0.717, 1.165) is 37.9 Å². The first-order valence-electron chi connectivity index (χ1n) is 7.87. The van der Waals surface area contributed by atoms with Crippen molar-refractivity contribution in [2.45, 2.75) is 11.8 Å². The van der Waals surface area contributed by atoms with E-state index in [1.165, 1.54) is 4.90 Å². The summed E-state index contributed by atoms with van der Waals surface area (Å²) >= 11 is 6.06. The molecule has 7 heteroatoms. The molecule has 1 heterocycles. The third-order valence-corrected chi connectivity index (χ3v) is 6.05. The van der Waals surface area contributed by atoms with E-state index in [-0.39, 0.29) is 17.8 Å². The van der Waals surface area contributed by atoms with Crippen LogP contribution in [0, 0.1) is 6.92 Å². The number of carbonyl (C=O) groups excluding carboxylic acids is 2. The normalized spacial score (nSPS) is 15.8. The highest BCUT2D eigenvalue weighted by Crippen LogP contribution is 2.32. The van der Waals surface area contributed by atoms with Crippen LogP contribution in [0.4, 0.5) is 10.5 Å². The maximum Gasteiger partial charge on any atom is 0.295 e. The number of rotatable bonds is 5. The monoisotopic (exact) mass is 448 g/mol. The van der Waals surface area contributed by atoms with Crippen molar-refractivity contribution in [1.29, 1.82) is 0 Å². The highest BCUT2D eigenvalue weighted by molar-refractivity contribution is 9.10. The first-order valence-corrected chi connectivity index (χ1v) is 10.7. The van der Waals surface area contributed by atoms with Crippen LogP contribution in [-0.2, 0) is 4.79 Å². The lowest BCUT2D eigenvalue weighted by atomic mass is 10.2. The Morgan fingerprint density at radius 2 is 1.92 bits per heavy atom. The van der Waals surface area contributed by atoms with Crippen molar-refractivity contribution < 1.29 is 9.59 Å². The van der Waals surface area contributed by atoms with E-state index in [1.54, 1.807) is 17.8 Å². The fourth-order valence-corrected chi connectivity index (χ4v) is 4.20. The summed E-state index contributed by atoms with van der Waals surface area (Å²) in [5.41, 5.74) is 2.84. The van der Waals surface area contributed by atoms with Crippen LogP contribution in [0.2, 0.25) is 0 Å². The minimum atomic E-state index is -0.267. The molecule has 0 atom stereocenters. The Hall–Kier alpha value is -1.70. The van der Waals surface area contributed by atoms with Gasteiger partial charge in [0.2, 0.25) is 0 Å². The smallest absolute Gasteiger partial charge is 0.295 e. The van der Waals surface area contributed by atoms with Crippen LogP contribution in [-0.4, -0.2) is 29.0 Å². The van der Waals surface area contributed by atoms with Gasteiger partial charge in [-0.2, -0.15) is 0 Å². The Bertz CT molecular complexity index is 882. The first-order chi connectivity index (χ1) is 12.5. The Balaban J connectivity index is 1.70. The summed E-state index contributed by atoms with van der Waals surface area (Å²) in [7, 11) is 0. The molecule has 0 saturated carbocycles. The molecule has 1 N–H and O–H groups in total. The molecule has 1 fully saturated rings. The zero-order chi connectivity index (χ0) is 18.7. The van der Waals surface area contributed by atoms with Crippen molar-refractivity contribution in [3.05, 3.63) is 63.0 Å². The van der Waals surface area contributed by atoms with Gasteiger partial charge in [-0.3, -0.25) is 14.5 Å². The highest BCUT2D eigenvalue weighted by atomic mass is 79.9. The summed E-state index contributed by atoms with van der Waals surface area (Å²) in [5, 5.41) is 2.90. The molecule has 1 aliphatic rings. The summed E-state index contributed by atoms with van der Waals surface area (Å²) in [6.07, 6.45) is 3.78. The van der Waals surface area contributed by atoms with Crippen molar-refractivity contribution in [1.82, 2.24) is 4.90 Å². The largest absolute Gasteiger partial charge is 0.367 e. The first kappa shape index (κ1) is 19.1. The highest BCUT2D eigenvalue weighted by Gasteiger charge is 2.34. The van der Waals surface area contributed by atoms with E-state index >= 15 is 0 Å². The maximum absolute atomic E-state index is 12.6. The zero-order valence-corrected chi connectivity index (χ0v) is 17.5. The molecule has 2 amide bonds. The van der Waals surface area contributed by atoms with Crippen LogP contribution in [0.15, 0.2) is 56.7 Å². The minimum Gasteiger partial charge on any atom is -0.367 e. The van der Waals surface area contributed by atoms with Gasteiger partial charge in [-0.1, -0.05) is 28.1 Å². The van der Waals surface area contributed by atoms with Crippen LogP contribution in [0.25, 0.3) is 6.08 Å². The van der Waals surface area contributed by atoms with Gasteiger partial charge in [0.05, 0.1) is 11.6 Å². The third kappa shape index (κ3) is 4.34. The molecule has 2 aromatic rings. The van der Waals surface area contributed by atoms with E-state index < -0.39 is 0 Å². The van der Waals surface area contributed by atoms with Gasteiger partial charge in [0.15, 0.2) is 0 Å². The summed E-state index contributed by atoms with van der Waals surface area (Å²) in [6, 6.07) is 13.7. The number of benzene rings is 2. The summed E-state index contributed by atoms with van der Waals surface area (Å²) in [6.45, 7) is 2.12. The summed E-state index contributed by atoms with van der Waals surface area (Å²) < 4.78 is 0.988. The lowest BCUT2D eigenvalue weighted by molar-refractivity contribution is -0.122. The average molecular weight is 449 g/mol. The van der Waals surface area contributed by atoms with Crippen molar-refractivity contribution in [3.63, 3.8) is 0 Å². The second-order valence-corrected chi connectivity index (χ2v) is 8.47. The predicted molar refractivity (Wildman–Crippen MR) is 113 cm³/mol. The number of halogens is 1.